The van der Waals surface area contributed by atoms with Crippen LogP contribution in [0.1, 0.15) is 11.1 Å². The summed E-state index contributed by atoms with van der Waals surface area (Å²) in [5.74, 6) is 0. The van der Waals surface area contributed by atoms with Crippen molar-refractivity contribution in [2.75, 3.05) is 0 Å². The predicted molar refractivity (Wildman–Crippen MR) is 50.8 cm³/mol. The van der Waals surface area contributed by atoms with Crippen molar-refractivity contribution < 1.29 is 0 Å². The van der Waals surface area contributed by atoms with Crippen LogP contribution in [0.2, 0.25) is 5.02 Å². The molecule has 1 N–H and O–H groups in total. The van der Waals surface area contributed by atoms with Crippen molar-refractivity contribution in [2.45, 2.75) is 13.8 Å². The highest BCUT2D eigenvalue weighted by atomic mass is 35.5. The fourth-order valence-electron chi connectivity index (χ4n) is 0.795. The number of hydrogen-bond donors (Lipinski definition) is 1. The van der Waals surface area contributed by atoms with Crippen LogP contribution in [0.3, 0.4) is 0 Å². The predicted octanol–water partition coefficient (Wildman–Crippen LogP) is 3.22. The van der Waals surface area contributed by atoms with E-state index in [4.69, 9.17) is 17.0 Å². The molecule has 1 aromatic rings. The Morgan fingerprint density at radius 3 is 2.18 bits per heavy atom. The van der Waals surface area contributed by atoms with Crippen molar-refractivity contribution in [1.82, 2.24) is 0 Å². The third-order valence-electron chi connectivity index (χ3n) is 1.31. The van der Waals surface area contributed by atoms with E-state index in [1.807, 2.05) is 19.1 Å². The molecular formula is C9H12ClN. The molecule has 0 unspecified atom stereocenters. The van der Waals surface area contributed by atoms with Crippen molar-refractivity contribution in [3.63, 3.8) is 0 Å². The molecule has 0 spiro atoms. The Hall–Kier alpha value is -0.820. The molecule has 0 saturated carbocycles. The molecule has 1 aromatic carbocycles. The lowest BCUT2D eigenvalue weighted by molar-refractivity contribution is 1.39. The topological polar surface area (TPSA) is 23.9 Å². The van der Waals surface area contributed by atoms with Gasteiger partial charge in [0.1, 0.15) is 0 Å². The normalized spacial score (nSPS) is 8.27. The number of benzene rings is 1. The fourth-order valence-corrected chi connectivity index (χ4v) is 0.912. The van der Waals surface area contributed by atoms with Crippen molar-refractivity contribution in [2.24, 2.45) is 0 Å². The fraction of sp³-hybridized carbons (Fsp3) is 0.222. The molecule has 0 radical (unpaired) electrons. The van der Waals surface area contributed by atoms with Gasteiger partial charge in [0.05, 0.1) is 0 Å². The molecule has 0 saturated heterocycles. The first-order chi connectivity index (χ1) is 5.20. The van der Waals surface area contributed by atoms with Gasteiger partial charge in [-0.15, -0.1) is 0 Å². The van der Waals surface area contributed by atoms with Gasteiger partial charge in [0, 0.05) is 5.02 Å². The first-order valence-electron chi connectivity index (χ1n) is 3.28. The summed E-state index contributed by atoms with van der Waals surface area (Å²) >= 11 is 5.78. The van der Waals surface area contributed by atoms with Crippen molar-refractivity contribution >= 4 is 18.3 Å². The maximum atomic E-state index is 5.78. The van der Waals surface area contributed by atoms with Crippen LogP contribution in [0.4, 0.5) is 0 Å². The molecule has 0 aliphatic rings. The van der Waals surface area contributed by atoms with E-state index >= 15 is 0 Å². The molecule has 0 amide bonds. The van der Waals surface area contributed by atoms with E-state index in [0.29, 0.717) is 0 Å². The molecule has 0 aliphatic carbocycles. The highest BCUT2D eigenvalue weighted by molar-refractivity contribution is 6.31. The summed E-state index contributed by atoms with van der Waals surface area (Å²) < 4.78 is 0. The van der Waals surface area contributed by atoms with Gasteiger partial charge >= 0.3 is 0 Å². The summed E-state index contributed by atoms with van der Waals surface area (Å²) in [6.45, 7) is 6.57. The number of halogens is 1. The SMILES string of the molecule is C=N.Cc1ccc(Cl)c(C)c1. The summed E-state index contributed by atoms with van der Waals surface area (Å²) in [6, 6.07) is 6.00. The molecule has 1 rings (SSSR count). The van der Waals surface area contributed by atoms with Gasteiger partial charge in [-0.2, -0.15) is 0 Å². The molecular weight excluding hydrogens is 158 g/mol. The van der Waals surface area contributed by atoms with E-state index in [0.717, 1.165) is 10.6 Å². The number of hydrogen-bond acceptors (Lipinski definition) is 1. The van der Waals surface area contributed by atoms with Gasteiger partial charge in [-0.25, -0.2) is 0 Å². The van der Waals surface area contributed by atoms with Crippen LogP contribution in [0.5, 0.6) is 0 Å². The van der Waals surface area contributed by atoms with Gasteiger partial charge in [0.25, 0.3) is 0 Å². The Labute approximate surface area is 72.5 Å². The zero-order chi connectivity index (χ0) is 8.85. The smallest absolute Gasteiger partial charge is 0.0435 e. The molecule has 0 aromatic heterocycles. The van der Waals surface area contributed by atoms with E-state index in [9.17, 15) is 0 Å². The average molecular weight is 170 g/mol. The van der Waals surface area contributed by atoms with E-state index in [-0.39, 0.29) is 0 Å². The molecule has 0 atom stereocenters. The van der Waals surface area contributed by atoms with Crippen molar-refractivity contribution in [1.29, 1.82) is 5.41 Å². The minimum Gasteiger partial charge on any atom is -0.317 e. The minimum absolute atomic E-state index is 0.848. The maximum absolute atomic E-state index is 5.78. The quantitative estimate of drug-likeness (QED) is 0.577. The maximum Gasteiger partial charge on any atom is 0.0435 e. The van der Waals surface area contributed by atoms with Crippen LogP contribution in [0.15, 0.2) is 18.2 Å². The van der Waals surface area contributed by atoms with Crippen molar-refractivity contribution in [3.05, 3.63) is 34.3 Å². The van der Waals surface area contributed by atoms with Gasteiger partial charge in [0.15, 0.2) is 0 Å². The third kappa shape index (κ3) is 3.19. The van der Waals surface area contributed by atoms with Crippen LogP contribution in [0, 0.1) is 19.3 Å². The standard InChI is InChI=1S/C8H9Cl.CH3N/c1-6-3-4-8(9)7(2)5-6;1-2/h3-5H,1-2H3;2H,1H2. The summed E-state index contributed by atoms with van der Waals surface area (Å²) in [4.78, 5) is 0. The summed E-state index contributed by atoms with van der Waals surface area (Å²) in [5.41, 5.74) is 2.41. The zero-order valence-corrected chi connectivity index (χ0v) is 7.57. The monoisotopic (exact) mass is 169 g/mol. The molecule has 11 heavy (non-hydrogen) atoms. The van der Waals surface area contributed by atoms with E-state index < -0.39 is 0 Å². The van der Waals surface area contributed by atoms with Crippen molar-refractivity contribution in [3.8, 4) is 0 Å². The van der Waals surface area contributed by atoms with Gasteiger partial charge in [-0.3, -0.25) is 0 Å². The molecule has 0 bridgehead atoms. The highest BCUT2D eigenvalue weighted by Crippen LogP contribution is 2.14. The highest BCUT2D eigenvalue weighted by Gasteiger charge is 1.91. The lowest BCUT2D eigenvalue weighted by Gasteiger charge is -1.96. The average Bonchev–Trinajstić information content (AvgIpc) is 2.02. The minimum atomic E-state index is 0.848. The van der Waals surface area contributed by atoms with Crippen LogP contribution in [-0.4, -0.2) is 6.72 Å². The van der Waals surface area contributed by atoms with Crippen LogP contribution >= 0.6 is 11.6 Å². The van der Waals surface area contributed by atoms with Gasteiger partial charge in [0.2, 0.25) is 0 Å². The second-order valence-corrected chi connectivity index (χ2v) is 2.66. The van der Waals surface area contributed by atoms with Gasteiger partial charge < -0.3 is 5.41 Å². The second kappa shape index (κ2) is 4.91. The molecule has 0 fully saturated rings. The van der Waals surface area contributed by atoms with E-state index in [1.54, 1.807) is 0 Å². The number of aryl methyl sites for hydroxylation is 2. The molecule has 0 heterocycles. The number of nitrogens with one attached hydrogen (secondary N) is 1. The molecule has 1 nitrogen and oxygen atoms in total. The lowest BCUT2D eigenvalue weighted by atomic mass is 10.2. The summed E-state index contributed by atoms with van der Waals surface area (Å²) in [5, 5.41) is 6.35. The third-order valence-corrected chi connectivity index (χ3v) is 1.74. The summed E-state index contributed by atoms with van der Waals surface area (Å²) in [7, 11) is 0. The van der Waals surface area contributed by atoms with Gasteiger partial charge in [-0.1, -0.05) is 29.3 Å². The van der Waals surface area contributed by atoms with Crippen LogP contribution in [0.25, 0.3) is 0 Å². The largest absolute Gasteiger partial charge is 0.317 e. The van der Waals surface area contributed by atoms with E-state index in [1.165, 1.54) is 5.56 Å². The number of rotatable bonds is 0. The van der Waals surface area contributed by atoms with Crippen LogP contribution < -0.4 is 0 Å². The van der Waals surface area contributed by atoms with Gasteiger partial charge in [-0.05, 0) is 32.2 Å². The Kier molecular flexibility index (Phi) is 4.55. The Bertz CT molecular complexity index is 233. The van der Waals surface area contributed by atoms with Crippen LogP contribution in [-0.2, 0) is 0 Å². The molecule has 2 heteroatoms. The second-order valence-electron chi connectivity index (χ2n) is 2.25. The molecule has 0 aliphatic heterocycles. The lowest BCUT2D eigenvalue weighted by Crippen LogP contribution is -1.75. The molecule has 60 valence electrons. The summed E-state index contributed by atoms with van der Waals surface area (Å²) in [6.07, 6.45) is 0. The zero-order valence-electron chi connectivity index (χ0n) is 6.82. The Morgan fingerprint density at radius 2 is 1.82 bits per heavy atom. The first kappa shape index (κ1) is 10.2. The van der Waals surface area contributed by atoms with E-state index in [2.05, 4.69) is 19.7 Å². The first-order valence-corrected chi connectivity index (χ1v) is 3.66. The Morgan fingerprint density at radius 1 is 1.27 bits per heavy atom. The Balaban J connectivity index is 0.000000461.